The highest BCUT2D eigenvalue weighted by Gasteiger charge is 2.35. The van der Waals surface area contributed by atoms with Gasteiger partial charge >= 0.3 is 0 Å². The minimum atomic E-state index is 0.398. The lowest BCUT2D eigenvalue weighted by atomic mass is 9.65. The van der Waals surface area contributed by atoms with Crippen molar-refractivity contribution in [3.05, 3.63) is 222 Å². The molecule has 9 aromatic rings. The molecule has 0 radical (unpaired) electrons. The Morgan fingerprint density at radius 1 is 0.462 bits per heavy atom. The van der Waals surface area contributed by atoms with Crippen molar-refractivity contribution in [1.29, 1.82) is 0 Å². The fraction of sp³-hybridized carbons (Fsp3) is 0.169. The van der Waals surface area contributed by atoms with Crippen LogP contribution in [-0.4, -0.2) is 0 Å². The van der Waals surface area contributed by atoms with Crippen LogP contribution in [0.5, 0.6) is 0 Å². The van der Waals surface area contributed by atoms with E-state index in [4.69, 9.17) is 0 Å². The standard InChI is InChI=1S/C65H54/c1-4-42-32-50(37-51(33-42)47-28-30-62-58-20-7-5-16-54(58)56-18-9-11-22-60(56)64(62)39-47)44-26-24-43(25-27-44)45-14-13-15-46(34-45)52-35-49(41(2)3)36-53(38-52)48-29-31-63-59-21-8-6-17-55(59)57-19-10-12-23-61(57)65(63)40-48/h6-8,10-15,17,19-41,54,58H,4-5,9,16,18H2,1-3H3. The Balaban J connectivity index is 0.872. The van der Waals surface area contributed by atoms with Crippen LogP contribution in [0.3, 0.4) is 0 Å². The molecule has 2 atom stereocenters. The van der Waals surface area contributed by atoms with Crippen LogP contribution >= 0.6 is 0 Å². The molecule has 12 rings (SSSR count). The quantitative estimate of drug-likeness (QED) is 0.111. The van der Waals surface area contributed by atoms with Crippen LogP contribution in [0.15, 0.2) is 200 Å². The molecule has 0 bridgehead atoms. The van der Waals surface area contributed by atoms with Gasteiger partial charge in [0, 0.05) is 5.92 Å². The molecule has 0 saturated heterocycles. The van der Waals surface area contributed by atoms with E-state index in [1.54, 1.807) is 5.57 Å². The van der Waals surface area contributed by atoms with Gasteiger partial charge in [-0.15, -0.1) is 0 Å². The summed E-state index contributed by atoms with van der Waals surface area (Å²) >= 11 is 0. The SMILES string of the molecule is CCc1cc(-c2ccc(-c3cccc(-c4cc(-c5ccc6c7ccccc7c7ccccc7c6c5)cc(C(C)C)c4)c3)cc2)cc(-c2ccc3c(c2)C2=C(CCC=C2)C2CCC=CC32)c1. The number of rotatable bonds is 7. The van der Waals surface area contributed by atoms with E-state index in [1.165, 1.54) is 141 Å². The predicted molar refractivity (Wildman–Crippen MR) is 280 cm³/mol. The summed E-state index contributed by atoms with van der Waals surface area (Å²) in [7, 11) is 0. The molecule has 0 aromatic heterocycles. The van der Waals surface area contributed by atoms with E-state index in [-0.39, 0.29) is 0 Å². The zero-order chi connectivity index (χ0) is 43.6. The van der Waals surface area contributed by atoms with Crippen molar-refractivity contribution in [1.82, 2.24) is 0 Å². The Labute approximate surface area is 384 Å². The van der Waals surface area contributed by atoms with Gasteiger partial charge in [-0.2, -0.15) is 0 Å². The maximum absolute atomic E-state index is 2.50. The van der Waals surface area contributed by atoms with Crippen LogP contribution in [0.25, 0.3) is 93.5 Å². The number of hydrogen-bond donors (Lipinski definition) is 0. The summed E-state index contributed by atoms with van der Waals surface area (Å²) in [5, 5.41) is 7.84. The molecule has 0 heterocycles. The third kappa shape index (κ3) is 6.99. The van der Waals surface area contributed by atoms with Crippen molar-refractivity contribution in [3.63, 3.8) is 0 Å². The Bertz CT molecular complexity index is 3400. The first-order valence-electron chi connectivity index (χ1n) is 24.0. The van der Waals surface area contributed by atoms with Gasteiger partial charge in [0.05, 0.1) is 0 Å². The highest BCUT2D eigenvalue weighted by Crippen LogP contribution is 2.51. The molecule has 0 saturated carbocycles. The molecule has 314 valence electrons. The molecule has 0 heteroatoms. The fourth-order valence-corrected chi connectivity index (χ4v) is 11.5. The zero-order valence-electron chi connectivity index (χ0n) is 37.7. The van der Waals surface area contributed by atoms with E-state index in [2.05, 4.69) is 215 Å². The van der Waals surface area contributed by atoms with Gasteiger partial charge in [-0.3, -0.25) is 0 Å². The van der Waals surface area contributed by atoms with Gasteiger partial charge in [-0.1, -0.05) is 190 Å². The molecule has 2 unspecified atom stereocenters. The van der Waals surface area contributed by atoms with Crippen LogP contribution in [0.2, 0.25) is 0 Å². The van der Waals surface area contributed by atoms with Crippen LogP contribution in [0.1, 0.15) is 80.5 Å². The largest absolute Gasteiger partial charge is 0.0879 e. The minimum Gasteiger partial charge on any atom is -0.0879 e. The van der Waals surface area contributed by atoms with Gasteiger partial charge in [-0.25, -0.2) is 0 Å². The van der Waals surface area contributed by atoms with Crippen molar-refractivity contribution in [2.24, 2.45) is 5.92 Å². The lowest BCUT2D eigenvalue weighted by Gasteiger charge is -2.38. The minimum absolute atomic E-state index is 0.398. The van der Waals surface area contributed by atoms with Gasteiger partial charge in [0.2, 0.25) is 0 Å². The van der Waals surface area contributed by atoms with Crippen LogP contribution < -0.4 is 0 Å². The summed E-state index contributed by atoms with van der Waals surface area (Å²) in [5.41, 5.74) is 21.4. The topological polar surface area (TPSA) is 0 Å². The van der Waals surface area contributed by atoms with Crippen LogP contribution in [0, 0.1) is 5.92 Å². The highest BCUT2D eigenvalue weighted by atomic mass is 14.4. The summed E-state index contributed by atoms with van der Waals surface area (Å²) in [6, 6.07) is 64.9. The smallest absolute Gasteiger partial charge is 0.00900 e. The Kier molecular flexibility index (Phi) is 9.86. The van der Waals surface area contributed by atoms with Gasteiger partial charge in [0.25, 0.3) is 0 Å². The van der Waals surface area contributed by atoms with E-state index in [0.29, 0.717) is 17.8 Å². The van der Waals surface area contributed by atoms with E-state index < -0.39 is 0 Å². The monoisotopic (exact) mass is 834 g/mol. The summed E-state index contributed by atoms with van der Waals surface area (Å²) < 4.78 is 0. The first-order valence-corrected chi connectivity index (χ1v) is 24.0. The number of hydrogen-bond acceptors (Lipinski definition) is 0. The molecule has 0 fully saturated rings. The Hall–Kier alpha value is -7.02. The second-order valence-electron chi connectivity index (χ2n) is 19.1. The third-order valence-corrected chi connectivity index (χ3v) is 15.0. The molecule has 3 aliphatic carbocycles. The summed E-state index contributed by atoms with van der Waals surface area (Å²) in [6.45, 7) is 6.88. The van der Waals surface area contributed by atoms with E-state index in [9.17, 15) is 0 Å². The zero-order valence-corrected chi connectivity index (χ0v) is 37.7. The second kappa shape index (κ2) is 16.2. The van der Waals surface area contributed by atoms with E-state index >= 15 is 0 Å². The fourth-order valence-electron chi connectivity index (χ4n) is 11.5. The van der Waals surface area contributed by atoms with Crippen molar-refractivity contribution < 1.29 is 0 Å². The van der Waals surface area contributed by atoms with Gasteiger partial charge < -0.3 is 0 Å². The number of benzene rings is 9. The average Bonchev–Trinajstić information content (AvgIpc) is 3.38. The molecular formula is C65H54. The summed E-state index contributed by atoms with van der Waals surface area (Å²) in [5.74, 6) is 1.57. The van der Waals surface area contributed by atoms with Crippen molar-refractivity contribution in [2.45, 2.75) is 64.7 Å². The normalized spacial score (nSPS) is 16.6. The lowest BCUT2D eigenvalue weighted by Crippen LogP contribution is -2.23. The third-order valence-electron chi connectivity index (χ3n) is 15.0. The summed E-state index contributed by atoms with van der Waals surface area (Å²) in [4.78, 5) is 0. The number of aryl methyl sites for hydroxylation is 1. The van der Waals surface area contributed by atoms with Crippen LogP contribution in [0.4, 0.5) is 0 Å². The molecule has 0 spiro atoms. The molecule has 0 nitrogen and oxygen atoms in total. The van der Waals surface area contributed by atoms with Crippen molar-refractivity contribution in [3.8, 4) is 55.6 Å². The van der Waals surface area contributed by atoms with Gasteiger partial charge in [0.15, 0.2) is 0 Å². The highest BCUT2D eigenvalue weighted by molar-refractivity contribution is 6.25. The molecule has 9 aromatic carbocycles. The lowest BCUT2D eigenvalue weighted by molar-refractivity contribution is 0.473. The summed E-state index contributed by atoms with van der Waals surface area (Å²) in [6.07, 6.45) is 15.6. The maximum Gasteiger partial charge on any atom is 0.00900 e. The number of allylic oxidation sites excluding steroid dienone is 6. The molecule has 3 aliphatic rings. The van der Waals surface area contributed by atoms with E-state index in [0.717, 1.165) is 6.42 Å². The molecular weight excluding hydrogens is 781 g/mol. The Morgan fingerprint density at radius 2 is 1.00 bits per heavy atom. The Morgan fingerprint density at radius 3 is 1.68 bits per heavy atom. The van der Waals surface area contributed by atoms with E-state index in [1.807, 2.05) is 0 Å². The molecule has 0 N–H and O–H groups in total. The number of fused-ring (bicyclic) bond motifs is 11. The van der Waals surface area contributed by atoms with Crippen LogP contribution in [-0.2, 0) is 6.42 Å². The average molecular weight is 835 g/mol. The molecule has 65 heavy (non-hydrogen) atoms. The molecule has 0 amide bonds. The first-order chi connectivity index (χ1) is 32.0. The first kappa shape index (κ1) is 39.6. The van der Waals surface area contributed by atoms with Crippen molar-refractivity contribution >= 4 is 37.9 Å². The van der Waals surface area contributed by atoms with Crippen molar-refractivity contribution in [2.75, 3.05) is 0 Å². The van der Waals surface area contributed by atoms with Gasteiger partial charge in [-0.05, 0) is 190 Å². The predicted octanol–water partition coefficient (Wildman–Crippen LogP) is 18.3. The molecule has 0 aliphatic heterocycles. The maximum atomic E-state index is 2.50. The van der Waals surface area contributed by atoms with Gasteiger partial charge in [0.1, 0.15) is 0 Å². The second-order valence-corrected chi connectivity index (χ2v) is 19.1.